The highest BCUT2D eigenvalue weighted by molar-refractivity contribution is 5.78. The van der Waals surface area contributed by atoms with Crippen LogP contribution in [0.1, 0.15) is 32.6 Å². The van der Waals surface area contributed by atoms with Gasteiger partial charge in [-0.3, -0.25) is 9.36 Å². The molecule has 3 aromatic heterocycles. The third-order valence-corrected chi connectivity index (χ3v) is 6.63. The van der Waals surface area contributed by atoms with Crippen molar-refractivity contribution in [1.29, 1.82) is 0 Å². The molecule has 10 nitrogen and oxygen atoms in total. The van der Waals surface area contributed by atoms with Crippen LogP contribution in [-0.4, -0.2) is 84.1 Å². The number of rotatable bonds is 13. The molecular formula is C27H38N6O4. The molecule has 1 aliphatic rings. The molecule has 0 saturated carbocycles. The maximum atomic E-state index is 13.5. The summed E-state index contributed by atoms with van der Waals surface area (Å²) in [4.78, 5) is 29.3. The van der Waals surface area contributed by atoms with Crippen LogP contribution >= 0.6 is 0 Å². The molecule has 37 heavy (non-hydrogen) atoms. The predicted octanol–water partition coefficient (Wildman–Crippen LogP) is 3.20. The molecule has 0 spiro atoms. The summed E-state index contributed by atoms with van der Waals surface area (Å²) in [6.45, 7) is 7.25. The smallest absolute Gasteiger partial charge is 0.293 e. The van der Waals surface area contributed by atoms with E-state index in [2.05, 4.69) is 32.1 Å². The lowest BCUT2D eigenvalue weighted by Gasteiger charge is -2.31. The van der Waals surface area contributed by atoms with E-state index in [0.717, 1.165) is 56.4 Å². The number of hydrogen-bond donors (Lipinski definition) is 1. The number of anilines is 1. The van der Waals surface area contributed by atoms with Gasteiger partial charge in [0, 0.05) is 62.9 Å². The van der Waals surface area contributed by atoms with Gasteiger partial charge in [0.1, 0.15) is 0 Å². The Labute approximate surface area is 218 Å². The number of piperidine rings is 1. The molecule has 1 fully saturated rings. The van der Waals surface area contributed by atoms with Gasteiger partial charge in [0.2, 0.25) is 5.88 Å². The Hall–Kier alpha value is -3.08. The molecule has 3 aromatic rings. The average Bonchev–Trinajstić information content (AvgIpc) is 2.94. The zero-order valence-corrected chi connectivity index (χ0v) is 22.1. The van der Waals surface area contributed by atoms with Gasteiger partial charge in [0.25, 0.3) is 5.56 Å². The van der Waals surface area contributed by atoms with Crippen molar-refractivity contribution in [3.8, 4) is 17.0 Å². The fourth-order valence-corrected chi connectivity index (χ4v) is 4.61. The zero-order valence-electron chi connectivity index (χ0n) is 22.1. The van der Waals surface area contributed by atoms with E-state index in [-0.39, 0.29) is 5.56 Å². The molecule has 0 aromatic carbocycles. The van der Waals surface area contributed by atoms with E-state index in [4.69, 9.17) is 14.2 Å². The van der Waals surface area contributed by atoms with Crippen LogP contribution in [0.2, 0.25) is 0 Å². The largest absolute Gasteiger partial charge is 0.481 e. The van der Waals surface area contributed by atoms with Crippen molar-refractivity contribution in [2.45, 2.75) is 45.3 Å². The second-order valence-corrected chi connectivity index (χ2v) is 9.27. The minimum atomic E-state index is -0.170. The summed E-state index contributed by atoms with van der Waals surface area (Å²) in [7, 11) is 3.37. The summed E-state index contributed by atoms with van der Waals surface area (Å²) in [6.07, 6.45) is 7.92. The number of methoxy groups -OCH3 is 2. The predicted molar refractivity (Wildman–Crippen MR) is 144 cm³/mol. The van der Waals surface area contributed by atoms with Crippen molar-refractivity contribution in [2.75, 3.05) is 58.9 Å². The van der Waals surface area contributed by atoms with Crippen molar-refractivity contribution < 1.29 is 14.2 Å². The highest BCUT2D eigenvalue weighted by Crippen LogP contribution is 2.23. The lowest BCUT2D eigenvalue weighted by atomic mass is 10.1. The van der Waals surface area contributed by atoms with E-state index in [1.807, 2.05) is 12.1 Å². The van der Waals surface area contributed by atoms with E-state index >= 15 is 0 Å². The average molecular weight is 511 g/mol. The van der Waals surface area contributed by atoms with Gasteiger partial charge in [-0.25, -0.2) is 15.0 Å². The minimum absolute atomic E-state index is 0.170. The Morgan fingerprint density at radius 2 is 1.97 bits per heavy atom. The first kappa shape index (κ1) is 27.0. The summed E-state index contributed by atoms with van der Waals surface area (Å²) in [5.74, 6) is 0.862. The second kappa shape index (κ2) is 13.5. The number of nitrogens with zero attached hydrogens (tertiary/aromatic N) is 5. The third kappa shape index (κ3) is 7.03. The van der Waals surface area contributed by atoms with Gasteiger partial charge in [0.05, 0.1) is 25.3 Å². The maximum absolute atomic E-state index is 13.5. The number of hydrogen-bond acceptors (Lipinski definition) is 9. The van der Waals surface area contributed by atoms with Crippen LogP contribution < -0.4 is 15.6 Å². The number of fused-ring (bicyclic) bond motifs is 1. The first-order valence-corrected chi connectivity index (χ1v) is 13.1. The topological polar surface area (TPSA) is 104 Å². The van der Waals surface area contributed by atoms with Crippen molar-refractivity contribution in [3.05, 3.63) is 40.9 Å². The van der Waals surface area contributed by atoms with Gasteiger partial charge in [-0.1, -0.05) is 6.92 Å². The number of ether oxygens (including phenoxy) is 3. The molecule has 1 atom stereocenters. The molecule has 1 N–H and O–H groups in total. The Kier molecular flexibility index (Phi) is 9.81. The van der Waals surface area contributed by atoms with Gasteiger partial charge in [-0.15, -0.1) is 0 Å². The molecule has 4 rings (SSSR count). The Balaban J connectivity index is 1.52. The van der Waals surface area contributed by atoms with Crippen LogP contribution in [0.4, 0.5) is 5.82 Å². The Bertz CT molecular complexity index is 1200. The lowest BCUT2D eigenvalue weighted by Crippen LogP contribution is -2.40. The molecule has 200 valence electrons. The summed E-state index contributed by atoms with van der Waals surface area (Å²) in [5, 5.41) is 3.26. The molecule has 10 heteroatoms. The lowest BCUT2D eigenvalue weighted by molar-refractivity contribution is 0.0314. The maximum Gasteiger partial charge on any atom is 0.293 e. The van der Waals surface area contributed by atoms with E-state index in [0.29, 0.717) is 55.3 Å². The monoisotopic (exact) mass is 510 g/mol. The van der Waals surface area contributed by atoms with Crippen LogP contribution in [-0.2, 0) is 16.0 Å². The van der Waals surface area contributed by atoms with E-state index < -0.39 is 0 Å². The minimum Gasteiger partial charge on any atom is -0.481 e. The normalized spacial score (nSPS) is 16.2. The number of nitrogens with one attached hydrogen (secondary N) is 1. The number of likely N-dealkylation sites (tertiary alicyclic amines) is 1. The zero-order chi connectivity index (χ0) is 26.0. The van der Waals surface area contributed by atoms with Crippen molar-refractivity contribution in [1.82, 2.24) is 24.4 Å². The van der Waals surface area contributed by atoms with Crippen LogP contribution in [0.15, 0.2) is 35.4 Å². The van der Waals surface area contributed by atoms with E-state index in [1.165, 1.54) is 0 Å². The van der Waals surface area contributed by atoms with E-state index in [1.54, 1.807) is 37.2 Å². The van der Waals surface area contributed by atoms with Crippen molar-refractivity contribution in [3.63, 3.8) is 0 Å². The molecule has 0 unspecified atom stereocenters. The molecule has 1 aliphatic heterocycles. The molecule has 0 amide bonds. The first-order valence-electron chi connectivity index (χ1n) is 13.1. The highest BCUT2D eigenvalue weighted by atomic mass is 16.5. The van der Waals surface area contributed by atoms with Gasteiger partial charge >= 0.3 is 0 Å². The molecule has 0 aliphatic carbocycles. The summed E-state index contributed by atoms with van der Waals surface area (Å²) >= 11 is 0. The highest BCUT2D eigenvalue weighted by Gasteiger charge is 2.19. The Morgan fingerprint density at radius 1 is 1.11 bits per heavy atom. The molecule has 0 radical (unpaired) electrons. The van der Waals surface area contributed by atoms with Crippen molar-refractivity contribution in [2.24, 2.45) is 0 Å². The number of pyridine rings is 2. The standard InChI is InChI=1S/C27H38N6O4/c1-4-14-37-15-13-33-23-16-21(20-8-9-24(36-3)29-17-20)18-30-25(23)31-26(27(33)34)28-10-6-12-32-11-5-7-22(19-32)35-2/h8-9,16-18,22H,4-7,10-15,19H2,1-3H3,(H,28,30,31)/t22-/m1/s1. The fourth-order valence-electron chi connectivity index (χ4n) is 4.61. The Morgan fingerprint density at radius 3 is 2.73 bits per heavy atom. The number of aromatic nitrogens is 4. The quantitative estimate of drug-likeness (QED) is 0.347. The molecule has 1 saturated heterocycles. The first-order chi connectivity index (χ1) is 18.1. The van der Waals surface area contributed by atoms with Gasteiger partial charge in [0.15, 0.2) is 11.5 Å². The van der Waals surface area contributed by atoms with Crippen LogP contribution in [0, 0.1) is 0 Å². The molecular weight excluding hydrogens is 472 g/mol. The van der Waals surface area contributed by atoms with E-state index in [9.17, 15) is 4.79 Å². The van der Waals surface area contributed by atoms with Gasteiger partial charge in [-0.2, -0.15) is 0 Å². The SMILES string of the molecule is CCCOCCn1c(=O)c(NCCCN2CCC[C@@H](OC)C2)nc2ncc(-c3ccc(OC)nc3)cc21. The third-order valence-electron chi connectivity index (χ3n) is 6.63. The second-order valence-electron chi connectivity index (χ2n) is 9.27. The van der Waals surface area contributed by atoms with Crippen LogP contribution in [0.5, 0.6) is 5.88 Å². The van der Waals surface area contributed by atoms with Crippen LogP contribution in [0.25, 0.3) is 22.3 Å². The molecule has 4 heterocycles. The molecule has 0 bridgehead atoms. The van der Waals surface area contributed by atoms with Gasteiger partial charge < -0.3 is 24.4 Å². The summed E-state index contributed by atoms with van der Waals surface area (Å²) in [5.41, 5.74) is 2.75. The fraction of sp³-hybridized carbons (Fsp3) is 0.556. The van der Waals surface area contributed by atoms with Crippen LogP contribution in [0.3, 0.4) is 0 Å². The summed E-state index contributed by atoms with van der Waals surface area (Å²) < 4.78 is 18.1. The van der Waals surface area contributed by atoms with Gasteiger partial charge in [-0.05, 0) is 50.9 Å². The van der Waals surface area contributed by atoms with Crippen molar-refractivity contribution >= 4 is 17.0 Å². The summed E-state index contributed by atoms with van der Waals surface area (Å²) in [6, 6.07) is 5.66.